The molecule has 0 aliphatic carbocycles. The first kappa shape index (κ1) is 11.0. The predicted octanol–water partition coefficient (Wildman–Crippen LogP) is 2.25. The van der Waals surface area contributed by atoms with Gasteiger partial charge in [0, 0.05) is 5.69 Å². The third kappa shape index (κ3) is 2.34. The molecule has 0 spiro atoms. The van der Waals surface area contributed by atoms with Gasteiger partial charge < -0.3 is 5.11 Å². The Labute approximate surface area is 97.2 Å². The van der Waals surface area contributed by atoms with Gasteiger partial charge in [-0.05, 0) is 35.7 Å². The van der Waals surface area contributed by atoms with Gasteiger partial charge in [-0.1, -0.05) is 6.07 Å². The second-order valence-electron chi connectivity index (χ2n) is 3.08. The third-order valence-corrected chi connectivity index (χ3v) is 4.66. The van der Waals surface area contributed by atoms with E-state index in [1.807, 2.05) is 0 Å². The molecule has 1 aromatic carbocycles. The molecule has 0 bridgehead atoms. The first-order chi connectivity index (χ1) is 7.58. The van der Waals surface area contributed by atoms with Gasteiger partial charge >= 0.3 is 0 Å². The molecule has 2 N–H and O–H groups in total. The summed E-state index contributed by atoms with van der Waals surface area (Å²) in [5.41, 5.74) is 0.422. The van der Waals surface area contributed by atoms with Crippen molar-refractivity contribution in [3.05, 3.63) is 41.8 Å². The molecule has 0 unspecified atom stereocenters. The normalized spacial score (nSPS) is 11.2. The number of hydrogen-bond donors (Lipinski definition) is 2. The number of rotatable bonds is 3. The fraction of sp³-hybridized carbons (Fsp3) is 0. The average molecular weight is 255 g/mol. The molecule has 6 heteroatoms. The molecular weight excluding hydrogens is 246 g/mol. The van der Waals surface area contributed by atoms with Crippen LogP contribution in [0.15, 0.2) is 46.0 Å². The number of phenols is 1. The number of nitrogens with one attached hydrogen (secondary N) is 1. The Morgan fingerprint density at radius 3 is 2.38 bits per heavy atom. The summed E-state index contributed by atoms with van der Waals surface area (Å²) in [6, 6.07) is 9.06. The van der Waals surface area contributed by atoms with Gasteiger partial charge in [-0.2, -0.15) is 0 Å². The lowest BCUT2D eigenvalue weighted by molar-refractivity contribution is 0.475. The summed E-state index contributed by atoms with van der Waals surface area (Å²) in [5.74, 6) is 0.0964. The van der Waals surface area contributed by atoms with E-state index < -0.39 is 10.0 Å². The quantitative estimate of drug-likeness (QED) is 0.827. The molecule has 0 atom stereocenters. The fourth-order valence-corrected chi connectivity index (χ4v) is 3.20. The van der Waals surface area contributed by atoms with E-state index in [1.165, 1.54) is 30.3 Å². The van der Waals surface area contributed by atoms with E-state index >= 15 is 0 Å². The van der Waals surface area contributed by atoms with E-state index in [9.17, 15) is 8.42 Å². The first-order valence-corrected chi connectivity index (χ1v) is 6.79. The zero-order chi connectivity index (χ0) is 11.6. The Morgan fingerprint density at radius 1 is 1.12 bits per heavy atom. The van der Waals surface area contributed by atoms with Crippen molar-refractivity contribution in [3.63, 3.8) is 0 Å². The molecule has 0 saturated carbocycles. The van der Waals surface area contributed by atoms with Crippen LogP contribution in [0.1, 0.15) is 0 Å². The lowest BCUT2D eigenvalue weighted by Gasteiger charge is -2.05. The van der Waals surface area contributed by atoms with Crippen molar-refractivity contribution in [3.8, 4) is 5.75 Å². The molecule has 0 aliphatic heterocycles. The number of anilines is 1. The van der Waals surface area contributed by atoms with Crippen LogP contribution in [0.4, 0.5) is 5.69 Å². The maximum Gasteiger partial charge on any atom is 0.271 e. The summed E-state index contributed by atoms with van der Waals surface area (Å²) in [6.45, 7) is 0. The minimum absolute atomic E-state index is 0.0964. The highest BCUT2D eigenvalue weighted by Gasteiger charge is 2.14. The van der Waals surface area contributed by atoms with E-state index in [1.54, 1.807) is 11.4 Å². The molecule has 1 aromatic heterocycles. The van der Waals surface area contributed by atoms with Crippen molar-refractivity contribution >= 4 is 27.0 Å². The molecular formula is C10H9NO3S2. The van der Waals surface area contributed by atoms with Crippen molar-refractivity contribution in [2.45, 2.75) is 4.21 Å². The van der Waals surface area contributed by atoms with Crippen molar-refractivity contribution in [2.75, 3.05) is 4.72 Å². The molecule has 0 amide bonds. The Kier molecular flexibility index (Phi) is 2.84. The minimum atomic E-state index is -3.50. The van der Waals surface area contributed by atoms with Crippen LogP contribution in [0.2, 0.25) is 0 Å². The minimum Gasteiger partial charge on any atom is -0.508 e. The molecule has 16 heavy (non-hydrogen) atoms. The topological polar surface area (TPSA) is 66.4 Å². The Morgan fingerprint density at radius 2 is 1.81 bits per heavy atom. The predicted molar refractivity (Wildman–Crippen MR) is 63.2 cm³/mol. The van der Waals surface area contributed by atoms with Crippen LogP contribution in [-0.4, -0.2) is 13.5 Å². The molecule has 2 rings (SSSR count). The van der Waals surface area contributed by atoms with E-state index in [4.69, 9.17) is 5.11 Å². The molecule has 2 aromatic rings. The molecule has 0 saturated heterocycles. The third-order valence-electron chi connectivity index (χ3n) is 1.88. The summed E-state index contributed by atoms with van der Waals surface area (Å²) in [5, 5.41) is 10.8. The van der Waals surface area contributed by atoms with Gasteiger partial charge in [0.15, 0.2) is 0 Å². The van der Waals surface area contributed by atoms with Crippen molar-refractivity contribution in [1.82, 2.24) is 0 Å². The number of aromatic hydroxyl groups is 1. The number of phenolic OH excluding ortho intramolecular Hbond substituents is 1. The second kappa shape index (κ2) is 4.15. The van der Waals surface area contributed by atoms with Gasteiger partial charge in [0.2, 0.25) is 0 Å². The Hall–Kier alpha value is -1.53. The van der Waals surface area contributed by atoms with Crippen LogP contribution in [0, 0.1) is 0 Å². The molecule has 4 nitrogen and oxygen atoms in total. The van der Waals surface area contributed by atoms with Crippen molar-refractivity contribution in [1.29, 1.82) is 0 Å². The molecule has 0 fully saturated rings. The van der Waals surface area contributed by atoms with Gasteiger partial charge in [-0.25, -0.2) is 8.42 Å². The smallest absolute Gasteiger partial charge is 0.271 e. The summed E-state index contributed by atoms with van der Waals surface area (Å²) >= 11 is 1.15. The lowest BCUT2D eigenvalue weighted by atomic mass is 10.3. The van der Waals surface area contributed by atoms with Crippen LogP contribution in [0.3, 0.4) is 0 Å². The molecule has 84 valence electrons. The lowest BCUT2D eigenvalue weighted by Crippen LogP contribution is -2.11. The van der Waals surface area contributed by atoms with Crippen LogP contribution in [0.5, 0.6) is 5.75 Å². The van der Waals surface area contributed by atoms with Gasteiger partial charge in [-0.3, -0.25) is 4.72 Å². The maximum atomic E-state index is 11.8. The van der Waals surface area contributed by atoms with E-state index in [2.05, 4.69) is 4.72 Å². The zero-order valence-corrected chi connectivity index (χ0v) is 9.75. The van der Waals surface area contributed by atoms with Gasteiger partial charge in [0.05, 0.1) is 0 Å². The second-order valence-corrected chi connectivity index (χ2v) is 5.94. The SMILES string of the molecule is O=S(=O)(Nc1ccc(O)cc1)c1cccs1. The average Bonchev–Trinajstić information content (AvgIpc) is 2.75. The highest BCUT2D eigenvalue weighted by Crippen LogP contribution is 2.21. The van der Waals surface area contributed by atoms with E-state index in [0.29, 0.717) is 5.69 Å². The zero-order valence-electron chi connectivity index (χ0n) is 8.12. The van der Waals surface area contributed by atoms with Gasteiger partial charge in [0.1, 0.15) is 9.96 Å². The monoisotopic (exact) mass is 255 g/mol. The number of hydrogen-bond acceptors (Lipinski definition) is 4. The molecule has 0 aliphatic rings. The molecule has 1 heterocycles. The largest absolute Gasteiger partial charge is 0.508 e. The summed E-state index contributed by atoms with van der Waals surface area (Å²) in [6.07, 6.45) is 0. The van der Waals surface area contributed by atoms with E-state index in [-0.39, 0.29) is 9.96 Å². The Balaban J connectivity index is 2.25. The highest BCUT2D eigenvalue weighted by atomic mass is 32.2. The summed E-state index contributed by atoms with van der Waals surface area (Å²) in [4.78, 5) is 0. The Bertz CT molecular complexity index is 559. The summed E-state index contributed by atoms with van der Waals surface area (Å²) < 4.78 is 26.3. The van der Waals surface area contributed by atoms with Crippen LogP contribution < -0.4 is 4.72 Å². The van der Waals surface area contributed by atoms with Crippen LogP contribution in [-0.2, 0) is 10.0 Å². The fourth-order valence-electron chi connectivity index (χ4n) is 1.15. The van der Waals surface area contributed by atoms with E-state index in [0.717, 1.165) is 11.3 Å². The number of benzene rings is 1. The standard InChI is InChI=1S/C10H9NO3S2/c12-9-5-3-8(4-6-9)11-16(13,14)10-2-1-7-15-10/h1-7,11-12H. The highest BCUT2D eigenvalue weighted by molar-refractivity contribution is 7.94. The maximum absolute atomic E-state index is 11.8. The number of thiophene rings is 1. The van der Waals surface area contributed by atoms with Crippen molar-refractivity contribution in [2.24, 2.45) is 0 Å². The van der Waals surface area contributed by atoms with Crippen LogP contribution in [0.25, 0.3) is 0 Å². The van der Waals surface area contributed by atoms with Crippen LogP contribution >= 0.6 is 11.3 Å². The van der Waals surface area contributed by atoms with Gasteiger partial charge in [0.25, 0.3) is 10.0 Å². The van der Waals surface area contributed by atoms with Gasteiger partial charge in [-0.15, -0.1) is 11.3 Å². The summed E-state index contributed by atoms with van der Waals surface area (Å²) in [7, 11) is -3.50. The first-order valence-electron chi connectivity index (χ1n) is 4.43. The molecule has 0 radical (unpaired) electrons. The number of sulfonamides is 1. The van der Waals surface area contributed by atoms with Crippen molar-refractivity contribution < 1.29 is 13.5 Å².